The molecule has 0 saturated carbocycles. The highest BCUT2D eigenvalue weighted by molar-refractivity contribution is 9.10. The average molecular weight is 347 g/mol. The molecule has 0 heterocycles. The molecule has 21 heavy (non-hydrogen) atoms. The van der Waals surface area contributed by atoms with Gasteiger partial charge in [-0.05, 0) is 53.2 Å². The Hall–Kier alpha value is -2.07. The quantitative estimate of drug-likeness (QED) is 0.720. The number of phenols is 1. The Morgan fingerprint density at radius 2 is 1.76 bits per heavy atom. The van der Waals surface area contributed by atoms with Crippen molar-refractivity contribution in [1.29, 1.82) is 0 Å². The van der Waals surface area contributed by atoms with E-state index in [9.17, 15) is 9.50 Å². The van der Waals surface area contributed by atoms with Gasteiger partial charge >= 0.3 is 0 Å². The number of aromatic hydroxyl groups is 1. The summed E-state index contributed by atoms with van der Waals surface area (Å²) in [5.74, 6) is 0.594. The minimum atomic E-state index is -0.291. The Morgan fingerprint density at radius 3 is 2.62 bits per heavy atom. The van der Waals surface area contributed by atoms with E-state index in [4.69, 9.17) is 4.74 Å². The van der Waals surface area contributed by atoms with Gasteiger partial charge < -0.3 is 9.84 Å². The molecule has 3 aromatic carbocycles. The first-order valence-corrected chi connectivity index (χ1v) is 7.21. The maximum Gasteiger partial charge on any atom is 0.123 e. The summed E-state index contributed by atoms with van der Waals surface area (Å²) in [6.07, 6.45) is 0. The molecule has 2 nitrogen and oxygen atoms in total. The molecule has 0 aliphatic heterocycles. The third-order valence-corrected chi connectivity index (χ3v) is 3.97. The van der Waals surface area contributed by atoms with Crippen LogP contribution in [0.1, 0.15) is 5.56 Å². The summed E-state index contributed by atoms with van der Waals surface area (Å²) in [6, 6.07) is 15.3. The van der Waals surface area contributed by atoms with Crippen LogP contribution in [-0.4, -0.2) is 5.11 Å². The van der Waals surface area contributed by atoms with Crippen LogP contribution in [-0.2, 0) is 6.61 Å². The summed E-state index contributed by atoms with van der Waals surface area (Å²) in [5.41, 5.74) is 0.742. The van der Waals surface area contributed by atoms with E-state index in [2.05, 4.69) is 15.9 Å². The van der Waals surface area contributed by atoms with Gasteiger partial charge in [-0.25, -0.2) is 4.39 Å². The summed E-state index contributed by atoms with van der Waals surface area (Å²) < 4.78 is 19.7. The molecule has 0 saturated heterocycles. The molecule has 3 rings (SSSR count). The van der Waals surface area contributed by atoms with E-state index in [0.29, 0.717) is 5.75 Å². The number of fused-ring (bicyclic) bond motifs is 1. The molecule has 0 radical (unpaired) electrons. The van der Waals surface area contributed by atoms with Crippen molar-refractivity contribution < 1.29 is 14.2 Å². The monoisotopic (exact) mass is 346 g/mol. The molecular formula is C17H12BrFO2. The van der Waals surface area contributed by atoms with Gasteiger partial charge in [0, 0.05) is 10.0 Å². The normalized spacial score (nSPS) is 10.8. The summed E-state index contributed by atoms with van der Waals surface area (Å²) >= 11 is 3.37. The van der Waals surface area contributed by atoms with Crippen molar-refractivity contribution in [2.75, 3.05) is 0 Å². The van der Waals surface area contributed by atoms with Gasteiger partial charge in [-0.2, -0.15) is 0 Å². The van der Waals surface area contributed by atoms with Crippen molar-refractivity contribution in [3.63, 3.8) is 0 Å². The second kappa shape index (κ2) is 5.74. The number of hydrogen-bond acceptors (Lipinski definition) is 2. The molecule has 0 aliphatic rings. The summed E-state index contributed by atoms with van der Waals surface area (Å²) in [7, 11) is 0. The van der Waals surface area contributed by atoms with E-state index in [1.807, 2.05) is 24.3 Å². The van der Waals surface area contributed by atoms with E-state index in [-0.39, 0.29) is 18.2 Å². The van der Waals surface area contributed by atoms with Gasteiger partial charge in [-0.15, -0.1) is 0 Å². The van der Waals surface area contributed by atoms with Crippen molar-refractivity contribution in [2.45, 2.75) is 6.61 Å². The molecule has 0 spiro atoms. The van der Waals surface area contributed by atoms with E-state index in [1.54, 1.807) is 18.2 Å². The predicted octanol–water partition coefficient (Wildman–Crippen LogP) is 5.03. The van der Waals surface area contributed by atoms with Crippen molar-refractivity contribution in [3.8, 4) is 11.5 Å². The lowest BCUT2D eigenvalue weighted by Crippen LogP contribution is -1.97. The summed E-state index contributed by atoms with van der Waals surface area (Å²) in [4.78, 5) is 0. The van der Waals surface area contributed by atoms with Crippen LogP contribution in [0.5, 0.6) is 11.5 Å². The molecule has 0 amide bonds. The maximum absolute atomic E-state index is 13.2. The molecule has 0 bridgehead atoms. The third kappa shape index (κ3) is 3.16. The number of rotatable bonds is 3. The Kier molecular flexibility index (Phi) is 3.80. The van der Waals surface area contributed by atoms with Crippen molar-refractivity contribution >= 4 is 26.7 Å². The lowest BCUT2D eigenvalue weighted by Gasteiger charge is -2.09. The lowest BCUT2D eigenvalue weighted by molar-refractivity contribution is 0.305. The van der Waals surface area contributed by atoms with Crippen LogP contribution in [0.3, 0.4) is 0 Å². The van der Waals surface area contributed by atoms with Gasteiger partial charge in [0.15, 0.2) is 0 Å². The van der Waals surface area contributed by atoms with Crippen molar-refractivity contribution in [1.82, 2.24) is 0 Å². The van der Waals surface area contributed by atoms with Crippen molar-refractivity contribution in [2.24, 2.45) is 0 Å². The van der Waals surface area contributed by atoms with E-state index >= 15 is 0 Å². The minimum absolute atomic E-state index is 0.215. The zero-order chi connectivity index (χ0) is 14.8. The fourth-order valence-corrected chi connectivity index (χ4v) is 2.48. The molecule has 0 fully saturated rings. The number of hydrogen-bond donors (Lipinski definition) is 1. The molecule has 106 valence electrons. The first-order valence-electron chi connectivity index (χ1n) is 6.41. The Balaban J connectivity index is 1.83. The topological polar surface area (TPSA) is 29.5 Å². The van der Waals surface area contributed by atoms with Crippen molar-refractivity contribution in [3.05, 3.63) is 70.5 Å². The van der Waals surface area contributed by atoms with Crippen LogP contribution in [0, 0.1) is 5.82 Å². The molecule has 0 unspecified atom stereocenters. The number of ether oxygens (including phenoxy) is 1. The Bertz CT molecular complexity index is 802. The average Bonchev–Trinajstić information content (AvgIpc) is 2.47. The largest absolute Gasteiger partial charge is 0.508 e. The highest BCUT2D eigenvalue weighted by Gasteiger charge is 2.04. The van der Waals surface area contributed by atoms with Gasteiger partial charge in [0.2, 0.25) is 0 Å². The fourth-order valence-electron chi connectivity index (χ4n) is 2.12. The second-order valence-electron chi connectivity index (χ2n) is 4.72. The van der Waals surface area contributed by atoms with E-state index < -0.39 is 0 Å². The summed E-state index contributed by atoms with van der Waals surface area (Å²) in [6.45, 7) is 0.267. The van der Waals surface area contributed by atoms with Crippen LogP contribution < -0.4 is 4.74 Å². The lowest BCUT2D eigenvalue weighted by atomic mass is 10.1. The van der Waals surface area contributed by atoms with Gasteiger partial charge in [0.05, 0.1) is 0 Å². The first-order chi connectivity index (χ1) is 10.1. The molecule has 1 N–H and O–H groups in total. The highest BCUT2D eigenvalue weighted by atomic mass is 79.9. The first kappa shape index (κ1) is 13.9. The van der Waals surface area contributed by atoms with Crippen LogP contribution in [0.25, 0.3) is 10.8 Å². The number of phenolic OH excluding ortho intramolecular Hbond substituents is 1. The SMILES string of the molecule is Oc1ccc2ccc(OCc3cc(F)ccc3Br)cc2c1. The molecule has 0 aromatic heterocycles. The van der Waals surface area contributed by atoms with E-state index in [1.165, 1.54) is 12.1 Å². The number of benzene rings is 3. The van der Waals surface area contributed by atoms with E-state index in [0.717, 1.165) is 20.8 Å². The molecule has 4 heteroatoms. The van der Waals surface area contributed by atoms with Gasteiger partial charge in [0.1, 0.15) is 23.9 Å². The molecule has 0 aliphatic carbocycles. The molecular weight excluding hydrogens is 335 g/mol. The van der Waals surface area contributed by atoms with Gasteiger partial charge in [-0.3, -0.25) is 0 Å². The second-order valence-corrected chi connectivity index (χ2v) is 5.57. The number of halogens is 2. The predicted molar refractivity (Wildman–Crippen MR) is 84.0 cm³/mol. The smallest absolute Gasteiger partial charge is 0.123 e. The zero-order valence-corrected chi connectivity index (χ0v) is 12.6. The Morgan fingerprint density at radius 1 is 0.952 bits per heavy atom. The van der Waals surface area contributed by atoms with Crippen LogP contribution >= 0.6 is 15.9 Å². The molecule has 3 aromatic rings. The standard InChI is InChI=1S/C17H12BrFO2/c18-17-6-3-14(19)7-13(17)10-21-16-5-2-11-1-4-15(20)8-12(11)9-16/h1-9,20H,10H2. The Labute approximate surface area is 129 Å². The minimum Gasteiger partial charge on any atom is -0.508 e. The van der Waals surface area contributed by atoms with Crippen LogP contribution in [0.4, 0.5) is 4.39 Å². The third-order valence-electron chi connectivity index (χ3n) is 3.20. The zero-order valence-electron chi connectivity index (χ0n) is 11.0. The molecule has 0 atom stereocenters. The van der Waals surface area contributed by atoms with Gasteiger partial charge in [0.25, 0.3) is 0 Å². The highest BCUT2D eigenvalue weighted by Crippen LogP contribution is 2.26. The van der Waals surface area contributed by atoms with Crippen LogP contribution in [0.2, 0.25) is 0 Å². The summed E-state index contributed by atoms with van der Waals surface area (Å²) in [5, 5.41) is 11.4. The fraction of sp³-hybridized carbons (Fsp3) is 0.0588. The van der Waals surface area contributed by atoms with Gasteiger partial charge in [-0.1, -0.05) is 28.1 Å². The maximum atomic E-state index is 13.2. The van der Waals surface area contributed by atoms with Crippen LogP contribution in [0.15, 0.2) is 59.1 Å².